The van der Waals surface area contributed by atoms with Crippen LogP contribution in [0.5, 0.6) is 11.5 Å². The molecule has 144 valence electrons. The Morgan fingerprint density at radius 1 is 0.893 bits per heavy atom. The molecule has 1 atom stereocenters. The van der Waals surface area contributed by atoms with Crippen LogP contribution in [0.25, 0.3) is 0 Å². The van der Waals surface area contributed by atoms with E-state index in [2.05, 4.69) is 5.32 Å². The average Bonchev–Trinajstić information content (AvgIpc) is 2.75. The summed E-state index contributed by atoms with van der Waals surface area (Å²) in [6, 6.07) is 24.9. The van der Waals surface area contributed by atoms with Crippen LogP contribution in [-0.2, 0) is 0 Å². The zero-order valence-electron chi connectivity index (χ0n) is 16.2. The monoisotopic (exact) mass is 375 g/mol. The van der Waals surface area contributed by atoms with Gasteiger partial charge in [-0.1, -0.05) is 30.3 Å². The molecule has 4 heteroatoms. The number of methoxy groups -OCH3 is 1. The number of nitrogens with one attached hydrogen (secondary N) is 1. The van der Waals surface area contributed by atoms with Gasteiger partial charge in [0.1, 0.15) is 11.5 Å². The average molecular weight is 375 g/mol. The predicted octanol–water partition coefficient (Wildman–Crippen LogP) is 5.52. The van der Waals surface area contributed by atoms with E-state index in [-0.39, 0.29) is 11.8 Å². The number of ether oxygens (including phenoxy) is 2. The number of anilines is 1. The molecule has 0 radical (unpaired) electrons. The van der Waals surface area contributed by atoms with Crippen molar-refractivity contribution in [1.29, 1.82) is 0 Å². The number of para-hydroxylation sites is 1. The third-order valence-electron chi connectivity index (χ3n) is 4.51. The highest BCUT2D eigenvalue weighted by atomic mass is 16.5. The smallest absolute Gasteiger partial charge is 0.165 e. The summed E-state index contributed by atoms with van der Waals surface area (Å²) in [4.78, 5) is 12.9. The van der Waals surface area contributed by atoms with E-state index in [4.69, 9.17) is 9.47 Å². The summed E-state index contributed by atoms with van der Waals surface area (Å²) in [5.74, 6) is 1.64. The molecule has 0 heterocycles. The Bertz CT molecular complexity index is 874. The lowest BCUT2D eigenvalue weighted by atomic mass is 9.97. The van der Waals surface area contributed by atoms with Crippen LogP contribution in [0, 0.1) is 0 Å². The molecule has 0 bridgehead atoms. The molecule has 3 rings (SSSR count). The summed E-state index contributed by atoms with van der Waals surface area (Å²) in [5, 5.41) is 3.48. The first-order valence-electron chi connectivity index (χ1n) is 9.41. The molecule has 0 spiro atoms. The zero-order chi connectivity index (χ0) is 19.8. The molecule has 4 nitrogen and oxygen atoms in total. The molecule has 0 aliphatic heterocycles. The van der Waals surface area contributed by atoms with Gasteiger partial charge < -0.3 is 14.8 Å². The third kappa shape index (κ3) is 5.13. The molecular weight excluding hydrogens is 350 g/mol. The Balaban J connectivity index is 1.81. The van der Waals surface area contributed by atoms with Gasteiger partial charge in [-0.2, -0.15) is 0 Å². The number of hydrogen-bond acceptors (Lipinski definition) is 4. The Morgan fingerprint density at radius 3 is 2.14 bits per heavy atom. The topological polar surface area (TPSA) is 47.6 Å². The van der Waals surface area contributed by atoms with Crippen LogP contribution in [0.2, 0.25) is 0 Å². The molecule has 1 N–H and O–H groups in total. The van der Waals surface area contributed by atoms with E-state index in [9.17, 15) is 4.79 Å². The molecule has 1 unspecified atom stereocenters. The standard InChI is InChI=1S/C24H25NO3/c1-3-28-22-15-9-18(10-16-22)23(25-20-7-5-4-6-8-20)17-24(26)19-11-13-21(27-2)14-12-19/h4-16,23,25H,3,17H2,1-2H3. The molecule has 3 aromatic rings. The van der Waals surface area contributed by atoms with E-state index in [1.807, 2.05) is 73.7 Å². The van der Waals surface area contributed by atoms with Crippen LogP contribution in [0.15, 0.2) is 78.9 Å². The molecular formula is C24H25NO3. The maximum Gasteiger partial charge on any atom is 0.165 e. The van der Waals surface area contributed by atoms with E-state index >= 15 is 0 Å². The second kappa shape index (κ2) is 9.60. The minimum absolute atomic E-state index is 0.0740. The van der Waals surface area contributed by atoms with Crippen molar-refractivity contribution in [3.63, 3.8) is 0 Å². The van der Waals surface area contributed by atoms with Crippen LogP contribution < -0.4 is 14.8 Å². The highest BCUT2D eigenvalue weighted by Gasteiger charge is 2.18. The quantitative estimate of drug-likeness (QED) is 0.500. The summed E-state index contributed by atoms with van der Waals surface area (Å²) in [7, 11) is 1.61. The molecule has 28 heavy (non-hydrogen) atoms. The third-order valence-corrected chi connectivity index (χ3v) is 4.51. The molecule has 0 aromatic heterocycles. The van der Waals surface area contributed by atoms with E-state index in [0.717, 1.165) is 22.7 Å². The lowest BCUT2D eigenvalue weighted by Crippen LogP contribution is -2.16. The van der Waals surface area contributed by atoms with Crippen molar-refractivity contribution in [2.24, 2.45) is 0 Å². The van der Waals surface area contributed by atoms with Gasteiger partial charge in [0.05, 0.1) is 19.8 Å². The van der Waals surface area contributed by atoms with Gasteiger partial charge in [0.15, 0.2) is 5.78 Å². The summed E-state index contributed by atoms with van der Waals surface area (Å²) < 4.78 is 10.7. The summed E-state index contributed by atoms with van der Waals surface area (Å²) >= 11 is 0. The van der Waals surface area contributed by atoms with Crippen molar-refractivity contribution < 1.29 is 14.3 Å². The summed E-state index contributed by atoms with van der Waals surface area (Å²) in [6.07, 6.45) is 0.342. The molecule has 0 aliphatic carbocycles. The van der Waals surface area contributed by atoms with Gasteiger partial charge in [-0.25, -0.2) is 0 Å². The SMILES string of the molecule is CCOc1ccc(C(CC(=O)c2ccc(OC)cc2)Nc2ccccc2)cc1. The van der Waals surface area contributed by atoms with E-state index in [0.29, 0.717) is 18.6 Å². The number of hydrogen-bond donors (Lipinski definition) is 1. The number of rotatable bonds is 9. The van der Waals surface area contributed by atoms with Gasteiger partial charge in [-0.05, 0) is 61.0 Å². The second-order valence-electron chi connectivity index (χ2n) is 6.42. The van der Waals surface area contributed by atoms with Crippen molar-refractivity contribution in [3.8, 4) is 11.5 Å². The van der Waals surface area contributed by atoms with Crippen molar-refractivity contribution in [2.45, 2.75) is 19.4 Å². The maximum absolute atomic E-state index is 12.9. The van der Waals surface area contributed by atoms with Crippen molar-refractivity contribution in [1.82, 2.24) is 0 Å². The predicted molar refractivity (Wildman–Crippen MR) is 112 cm³/mol. The van der Waals surface area contributed by atoms with Gasteiger partial charge in [-0.3, -0.25) is 4.79 Å². The Hall–Kier alpha value is -3.27. The maximum atomic E-state index is 12.9. The molecule has 3 aromatic carbocycles. The Morgan fingerprint density at radius 2 is 1.54 bits per heavy atom. The Labute approximate surface area is 166 Å². The fourth-order valence-corrected chi connectivity index (χ4v) is 3.03. The van der Waals surface area contributed by atoms with Gasteiger partial charge >= 0.3 is 0 Å². The lowest BCUT2D eigenvalue weighted by Gasteiger charge is -2.20. The van der Waals surface area contributed by atoms with E-state index in [1.165, 1.54) is 0 Å². The minimum atomic E-state index is -0.146. The van der Waals surface area contributed by atoms with Gasteiger partial charge in [0, 0.05) is 17.7 Å². The number of carbonyl (C=O) groups is 1. The molecule has 0 fully saturated rings. The zero-order valence-corrected chi connectivity index (χ0v) is 16.2. The lowest BCUT2D eigenvalue weighted by molar-refractivity contribution is 0.0976. The van der Waals surface area contributed by atoms with Crippen LogP contribution in [0.3, 0.4) is 0 Å². The fourth-order valence-electron chi connectivity index (χ4n) is 3.03. The highest BCUT2D eigenvalue weighted by Crippen LogP contribution is 2.26. The number of Topliss-reactive ketones (excluding diaryl/α,β-unsaturated/α-hetero) is 1. The fraction of sp³-hybridized carbons (Fsp3) is 0.208. The van der Waals surface area contributed by atoms with Crippen molar-refractivity contribution >= 4 is 11.5 Å². The highest BCUT2D eigenvalue weighted by molar-refractivity contribution is 5.96. The Kier molecular flexibility index (Phi) is 6.68. The van der Waals surface area contributed by atoms with E-state index in [1.54, 1.807) is 19.2 Å². The van der Waals surface area contributed by atoms with Gasteiger partial charge in [-0.15, -0.1) is 0 Å². The molecule has 0 saturated heterocycles. The second-order valence-corrected chi connectivity index (χ2v) is 6.42. The van der Waals surface area contributed by atoms with Crippen molar-refractivity contribution in [2.75, 3.05) is 19.0 Å². The number of ketones is 1. The van der Waals surface area contributed by atoms with Gasteiger partial charge in [0.25, 0.3) is 0 Å². The summed E-state index contributed by atoms with van der Waals surface area (Å²) in [6.45, 7) is 2.59. The first-order valence-corrected chi connectivity index (χ1v) is 9.41. The first-order chi connectivity index (χ1) is 13.7. The van der Waals surface area contributed by atoms with Crippen LogP contribution >= 0.6 is 0 Å². The molecule has 0 saturated carbocycles. The van der Waals surface area contributed by atoms with Crippen LogP contribution in [0.1, 0.15) is 35.3 Å². The normalized spacial score (nSPS) is 11.5. The minimum Gasteiger partial charge on any atom is -0.497 e. The molecule has 0 aliphatic rings. The van der Waals surface area contributed by atoms with Crippen molar-refractivity contribution in [3.05, 3.63) is 90.0 Å². The number of carbonyl (C=O) groups excluding carboxylic acids is 1. The summed E-state index contributed by atoms with van der Waals surface area (Å²) in [5.41, 5.74) is 2.68. The van der Waals surface area contributed by atoms with Crippen LogP contribution in [0.4, 0.5) is 5.69 Å². The molecule has 0 amide bonds. The largest absolute Gasteiger partial charge is 0.497 e. The van der Waals surface area contributed by atoms with Gasteiger partial charge in [0.2, 0.25) is 0 Å². The first kappa shape index (κ1) is 19.5. The van der Waals surface area contributed by atoms with Crippen LogP contribution in [-0.4, -0.2) is 19.5 Å². The number of benzene rings is 3. The van der Waals surface area contributed by atoms with E-state index < -0.39 is 0 Å².